The third-order valence-corrected chi connectivity index (χ3v) is 8.95. The van der Waals surface area contributed by atoms with E-state index >= 15 is 0 Å². The molecule has 1 N–H and O–H groups in total. The zero-order valence-corrected chi connectivity index (χ0v) is 26.9. The van der Waals surface area contributed by atoms with Crippen molar-refractivity contribution in [3.8, 4) is 0 Å². The van der Waals surface area contributed by atoms with Gasteiger partial charge in [0.25, 0.3) is 0 Å². The number of hydrogen-bond acceptors (Lipinski definition) is 7. The molecule has 1 aliphatic heterocycles. The third-order valence-electron chi connectivity index (χ3n) is 8.51. The summed E-state index contributed by atoms with van der Waals surface area (Å²) in [5, 5.41) is 7.80. The number of likely N-dealkylation sites (tertiary alicyclic amines) is 1. The Kier molecular flexibility index (Phi) is 9.06. The second-order valence-electron chi connectivity index (χ2n) is 11.6. The summed E-state index contributed by atoms with van der Waals surface area (Å²) in [7, 11) is 0. The van der Waals surface area contributed by atoms with Crippen LogP contribution in [0.1, 0.15) is 68.2 Å². The molecule has 0 radical (unpaired) electrons. The quantitative estimate of drug-likeness (QED) is 0.128. The Labute approximate surface area is 267 Å². The number of fused-ring (bicyclic) bond motifs is 2. The summed E-state index contributed by atoms with van der Waals surface area (Å²) < 4.78 is 28.3. The van der Waals surface area contributed by atoms with Gasteiger partial charge in [-0.3, -0.25) is 24.0 Å². The Hall–Kier alpha value is -4.20. The van der Waals surface area contributed by atoms with Crippen molar-refractivity contribution in [1.29, 1.82) is 0 Å². The Balaban J connectivity index is 1.45. The topological polar surface area (TPSA) is 135 Å². The Morgan fingerprint density at radius 1 is 1.24 bits per heavy atom. The molecule has 0 aromatic carbocycles. The molecule has 0 bridgehead atoms. The second-order valence-corrected chi connectivity index (χ2v) is 12.4. The van der Waals surface area contributed by atoms with Gasteiger partial charge in [-0.05, 0) is 91.4 Å². The van der Waals surface area contributed by atoms with Gasteiger partial charge in [-0.1, -0.05) is 6.07 Å². The Morgan fingerprint density at radius 2 is 2.00 bits per heavy atom. The highest BCUT2D eigenvalue weighted by Crippen LogP contribution is 2.62. The molecule has 5 rings (SSSR count). The number of pyridine rings is 2. The zero-order chi connectivity index (χ0) is 32.6. The number of halogens is 3. The third kappa shape index (κ3) is 6.60. The predicted molar refractivity (Wildman–Crippen MR) is 170 cm³/mol. The SMILES string of the molecule is C=N/C(C)=N\C=C(/C)c1cc2c(C(C)=O)nn(CC(=O)N3C4C[C@]4(CCC(F)F)C[C@H]3C(=O)Nc3nc(Br)ccc3C)c2cn1. The number of ketones is 1. The fourth-order valence-corrected chi connectivity index (χ4v) is 6.29. The molecule has 14 heteroatoms. The molecule has 4 heterocycles. The van der Waals surface area contributed by atoms with Crippen molar-refractivity contribution < 1.29 is 23.2 Å². The van der Waals surface area contributed by atoms with E-state index in [0.29, 0.717) is 44.8 Å². The number of anilines is 1. The van der Waals surface area contributed by atoms with Gasteiger partial charge in [-0.15, -0.1) is 0 Å². The monoisotopic (exact) mass is 682 g/mol. The van der Waals surface area contributed by atoms with Crippen molar-refractivity contribution in [3.05, 3.63) is 52.2 Å². The number of amides is 2. The van der Waals surface area contributed by atoms with E-state index in [1.54, 1.807) is 38.2 Å². The van der Waals surface area contributed by atoms with E-state index in [-0.39, 0.29) is 43.3 Å². The first-order chi connectivity index (χ1) is 21.3. The summed E-state index contributed by atoms with van der Waals surface area (Å²) in [6.45, 7) is 9.88. The van der Waals surface area contributed by atoms with Crippen molar-refractivity contribution in [2.24, 2.45) is 15.4 Å². The van der Waals surface area contributed by atoms with Gasteiger partial charge in [0.2, 0.25) is 18.2 Å². The van der Waals surface area contributed by atoms with Crippen LogP contribution in [0.5, 0.6) is 0 Å². The van der Waals surface area contributed by atoms with Gasteiger partial charge in [-0.25, -0.2) is 23.7 Å². The minimum atomic E-state index is -2.48. The summed E-state index contributed by atoms with van der Waals surface area (Å²) in [6, 6.07) is 4.03. The largest absolute Gasteiger partial charge is 0.325 e. The lowest BCUT2D eigenvalue weighted by molar-refractivity contribution is -0.138. The number of hydrogen-bond donors (Lipinski definition) is 1. The molecule has 236 valence electrons. The van der Waals surface area contributed by atoms with Crippen LogP contribution in [-0.2, 0) is 16.1 Å². The van der Waals surface area contributed by atoms with Crippen LogP contribution in [0.3, 0.4) is 0 Å². The number of nitrogens with one attached hydrogen (secondary N) is 1. The second kappa shape index (κ2) is 12.7. The molecule has 11 nitrogen and oxygen atoms in total. The van der Waals surface area contributed by atoms with Crippen LogP contribution in [-0.4, -0.2) is 73.3 Å². The highest BCUT2D eigenvalue weighted by Gasteiger charge is 2.66. The maximum absolute atomic E-state index is 14.0. The van der Waals surface area contributed by atoms with Crippen molar-refractivity contribution in [3.63, 3.8) is 0 Å². The van der Waals surface area contributed by atoms with Gasteiger partial charge >= 0.3 is 0 Å². The first kappa shape index (κ1) is 32.2. The van der Waals surface area contributed by atoms with Crippen LogP contribution < -0.4 is 5.32 Å². The molecule has 2 aliphatic rings. The normalized spacial score (nSPS) is 21.3. The lowest BCUT2D eigenvalue weighted by Gasteiger charge is -2.27. The summed E-state index contributed by atoms with van der Waals surface area (Å²) in [6.07, 6.45) is 1.38. The summed E-state index contributed by atoms with van der Waals surface area (Å²) in [5.74, 6) is -0.304. The van der Waals surface area contributed by atoms with Gasteiger partial charge in [0, 0.05) is 31.0 Å². The van der Waals surface area contributed by atoms with E-state index < -0.39 is 29.7 Å². The summed E-state index contributed by atoms with van der Waals surface area (Å²) in [5.41, 5.74) is 2.10. The molecular weight excluding hydrogens is 650 g/mol. The van der Waals surface area contributed by atoms with Crippen LogP contribution in [0, 0.1) is 12.3 Å². The molecule has 2 amide bonds. The minimum absolute atomic E-state index is 0.173. The Bertz CT molecular complexity index is 1770. The maximum Gasteiger partial charge on any atom is 0.248 e. The molecule has 0 spiro atoms. The number of Topliss-reactive ketones (excluding diaryl/α,β-unsaturated/α-hetero) is 1. The van der Waals surface area contributed by atoms with Crippen molar-refractivity contribution in [2.75, 3.05) is 5.32 Å². The van der Waals surface area contributed by atoms with E-state index in [1.165, 1.54) is 22.7 Å². The van der Waals surface area contributed by atoms with Gasteiger partial charge in [0.15, 0.2) is 5.78 Å². The molecule has 3 atom stereocenters. The van der Waals surface area contributed by atoms with Crippen LogP contribution in [0.15, 0.2) is 45.2 Å². The first-order valence-corrected chi connectivity index (χ1v) is 15.2. The highest BCUT2D eigenvalue weighted by molar-refractivity contribution is 9.10. The average molecular weight is 684 g/mol. The first-order valence-electron chi connectivity index (χ1n) is 14.4. The van der Waals surface area contributed by atoms with Crippen LogP contribution in [0.25, 0.3) is 16.5 Å². The van der Waals surface area contributed by atoms with E-state index in [2.05, 4.69) is 53.0 Å². The number of carbonyl (C=O) groups is 3. The summed E-state index contributed by atoms with van der Waals surface area (Å²) in [4.78, 5) is 58.5. The van der Waals surface area contributed by atoms with Crippen molar-refractivity contribution in [1.82, 2.24) is 24.6 Å². The number of rotatable bonds is 10. The predicted octanol–water partition coefficient (Wildman–Crippen LogP) is 5.62. The lowest BCUT2D eigenvalue weighted by atomic mass is 9.94. The fourth-order valence-electron chi connectivity index (χ4n) is 5.98. The van der Waals surface area contributed by atoms with Crippen LogP contribution in [0.4, 0.5) is 14.6 Å². The molecule has 1 saturated heterocycles. The number of aromatic nitrogens is 4. The van der Waals surface area contributed by atoms with E-state index in [4.69, 9.17) is 0 Å². The van der Waals surface area contributed by atoms with E-state index in [1.807, 2.05) is 6.92 Å². The standard InChI is InChI=1S/C31H33BrF2N8O3/c1-16-6-7-25(32)38-29(16)39-30(45)22-11-31(9-8-26(33)34)12-24(31)42(22)27(44)15-41-23-14-37-21(17(2)13-36-19(4)35-5)10-20(23)28(40-41)18(3)43/h6-7,10,13-14,22,24,26H,5,8-9,11-12,15H2,1-4H3,(H,38,39,45)/b17-13+,36-19-/t22-,24?,31-/m0/s1. The lowest BCUT2D eigenvalue weighted by Crippen LogP contribution is -2.47. The number of allylic oxidation sites excluding steroid dienone is 1. The van der Waals surface area contributed by atoms with Gasteiger partial charge in [0.05, 0.1) is 17.4 Å². The number of carbonyl (C=O) groups excluding carboxylic acids is 3. The molecule has 1 aliphatic carbocycles. The maximum atomic E-state index is 14.0. The van der Waals surface area contributed by atoms with Gasteiger partial charge in [-0.2, -0.15) is 5.10 Å². The number of aliphatic imine (C=N–C) groups is 2. The van der Waals surface area contributed by atoms with Crippen molar-refractivity contribution >= 4 is 68.4 Å². The molecular formula is C31H33BrF2N8O3. The average Bonchev–Trinajstić information content (AvgIpc) is 3.42. The molecule has 2 fully saturated rings. The molecule has 45 heavy (non-hydrogen) atoms. The van der Waals surface area contributed by atoms with Gasteiger partial charge in [0.1, 0.15) is 34.5 Å². The number of aryl methyl sites for hydroxylation is 1. The number of amidine groups is 1. The molecule has 3 aromatic heterocycles. The smallest absolute Gasteiger partial charge is 0.248 e. The van der Waals surface area contributed by atoms with Crippen LogP contribution >= 0.6 is 15.9 Å². The zero-order valence-electron chi connectivity index (χ0n) is 25.4. The molecule has 1 saturated carbocycles. The molecule has 1 unspecified atom stereocenters. The number of piperidine rings is 1. The van der Waals surface area contributed by atoms with Crippen molar-refractivity contribution in [2.45, 2.75) is 78.4 Å². The number of nitrogens with zero attached hydrogens (tertiary/aromatic N) is 7. The summed E-state index contributed by atoms with van der Waals surface area (Å²) >= 11 is 3.31. The van der Waals surface area contributed by atoms with Crippen LogP contribution in [0.2, 0.25) is 0 Å². The minimum Gasteiger partial charge on any atom is -0.325 e. The number of alkyl halides is 2. The fraction of sp³-hybridized carbons (Fsp3) is 0.419. The highest BCUT2D eigenvalue weighted by atomic mass is 79.9. The van der Waals surface area contributed by atoms with E-state index in [0.717, 1.165) is 5.56 Å². The van der Waals surface area contributed by atoms with Gasteiger partial charge < -0.3 is 10.2 Å². The molecule has 3 aromatic rings. The Morgan fingerprint density at radius 3 is 2.69 bits per heavy atom. The van der Waals surface area contributed by atoms with E-state index in [9.17, 15) is 23.2 Å².